The van der Waals surface area contributed by atoms with Crippen molar-refractivity contribution in [1.29, 1.82) is 0 Å². The van der Waals surface area contributed by atoms with Crippen molar-refractivity contribution < 1.29 is 13.5 Å². The lowest BCUT2D eigenvalue weighted by molar-refractivity contribution is 0.0354. The third-order valence-electron chi connectivity index (χ3n) is 5.24. The molecule has 1 saturated heterocycles. The van der Waals surface area contributed by atoms with Gasteiger partial charge in [-0.3, -0.25) is 5.10 Å². The maximum atomic E-state index is 11.7. The van der Waals surface area contributed by atoms with Crippen molar-refractivity contribution in [2.45, 2.75) is 18.4 Å². The van der Waals surface area contributed by atoms with Crippen molar-refractivity contribution in [1.82, 2.24) is 14.5 Å². The van der Waals surface area contributed by atoms with Gasteiger partial charge in [0.25, 0.3) is 0 Å². The molecule has 2 aliphatic rings. The van der Waals surface area contributed by atoms with Crippen LogP contribution in [-0.4, -0.2) is 47.4 Å². The van der Waals surface area contributed by atoms with Crippen LogP contribution in [-0.2, 0) is 15.6 Å². The highest BCUT2D eigenvalue weighted by Gasteiger charge is 2.51. The lowest BCUT2D eigenvalue weighted by Gasteiger charge is -2.26. The van der Waals surface area contributed by atoms with Crippen LogP contribution < -0.4 is 0 Å². The molecule has 0 unspecified atom stereocenters. The molecule has 2 atom stereocenters. The summed E-state index contributed by atoms with van der Waals surface area (Å²) in [4.78, 5) is 0. The number of aliphatic hydroxyl groups is 1. The number of rotatable bonds is 2. The number of H-pyrrole nitrogens is 1. The van der Waals surface area contributed by atoms with Crippen LogP contribution in [0, 0.1) is 11.8 Å². The SMILES string of the molecule is CS(=O)(=O)N1C[C@@H]2CC(O)(c3cc(Cl)cc4[nH]ncc34)C[C@H]2C1. The molecule has 4 rings (SSSR count). The second-order valence-corrected chi connectivity index (χ2v) is 9.24. The first-order chi connectivity index (χ1) is 10.8. The standard InChI is InChI=1S/C15H18ClN3O3S/c1-23(21,22)19-7-9-4-15(20,5-10(9)8-19)13-2-11(16)3-14-12(13)6-17-18-14/h2-3,6,9-10,20H,4-5,7-8H2,1H3,(H,17,18)/t9-,10-/m0/s1. The van der Waals surface area contributed by atoms with Crippen molar-refractivity contribution in [2.75, 3.05) is 19.3 Å². The Balaban J connectivity index is 1.68. The summed E-state index contributed by atoms with van der Waals surface area (Å²) in [5.41, 5.74) is 0.608. The van der Waals surface area contributed by atoms with E-state index >= 15 is 0 Å². The molecular formula is C15H18ClN3O3S. The minimum absolute atomic E-state index is 0.177. The van der Waals surface area contributed by atoms with E-state index in [0.717, 1.165) is 16.5 Å². The molecule has 1 aromatic carbocycles. The molecule has 124 valence electrons. The Labute approximate surface area is 139 Å². The van der Waals surface area contributed by atoms with Crippen molar-refractivity contribution in [2.24, 2.45) is 11.8 Å². The first kappa shape index (κ1) is 15.4. The highest BCUT2D eigenvalue weighted by Crippen LogP contribution is 2.50. The summed E-state index contributed by atoms with van der Waals surface area (Å²) in [7, 11) is -3.16. The van der Waals surface area contributed by atoms with Gasteiger partial charge in [-0.25, -0.2) is 12.7 Å². The number of nitrogens with zero attached hydrogens (tertiary/aromatic N) is 2. The molecule has 1 saturated carbocycles. The van der Waals surface area contributed by atoms with E-state index in [1.165, 1.54) is 10.6 Å². The lowest BCUT2D eigenvalue weighted by atomic mass is 9.88. The molecule has 0 bridgehead atoms. The van der Waals surface area contributed by atoms with Crippen LogP contribution in [0.25, 0.3) is 10.9 Å². The number of sulfonamides is 1. The predicted octanol–water partition coefficient (Wildman–Crippen LogP) is 1.71. The number of aromatic amines is 1. The van der Waals surface area contributed by atoms with Crippen LogP contribution in [0.4, 0.5) is 0 Å². The maximum Gasteiger partial charge on any atom is 0.211 e. The van der Waals surface area contributed by atoms with Crippen LogP contribution in [0.2, 0.25) is 5.02 Å². The second-order valence-electron chi connectivity index (χ2n) is 6.82. The summed E-state index contributed by atoms with van der Waals surface area (Å²) in [5, 5.41) is 19.6. The molecule has 1 aliphatic heterocycles. The van der Waals surface area contributed by atoms with Crippen LogP contribution >= 0.6 is 11.6 Å². The zero-order valence-electron chi connectivity index (χ0n) is 12.7. The van der Waals surface area contributed by atoms with Gasteiger partial charge in [-0.15, -0.1) is 0 Å². The molecule has 2 heterocycles. The molecule has 2 aromatic rings. The lowest BCUT2D eigenvalue weighted by Crippen LogP contribution is -2.31. The molecule has 0 radical (unpaired) electrons. The Morgan fingerprint density at radius 3 is 2.61 bits per heavy atom. The normalized spacial score (nSPS) is 27.6. The summed E-state index contributed by atoms with van der Waals surface area (Å²) in [6, 6.07) is 3.59. The first-order valence-electron chi connectivity index (χ1n) is 7.57. The molecule has 2 N–H and O–H groups in total. The van der Waals surface area contributed by atoms with E-state index in [2.05, 4.69) is 10.2 Å². The maximum absolute atomic E-state index is 11.7. The van der Waals surface area contributed by atoms with E-state index in [1.807, 2.05) is 0 Å². The molecule has 0 spiro atoms. The predicted molar refractivity (Wildman–Crippen MR) is 87.6 cm³/mol. The highest BCUT2D eigenvalue weighted by atomic mass is 35.5. The van der Waals surface area contributed by atoms with E-state index in [9.17, 15) is 13.5 Å². The van der Waals surface area contributed by atoms with Gasteiger partial charge in [0.2, 0.25) is 10.0 Å². The smallest absolute Gasteiger partial charge is 0.211 e. The Bertz CT molecular complexity index is 865. The minimum Gasteiger partial charge on any atom is -0.385 e. The molecule has 23 heavy (non-hydrogen) atoms. The van der Waals surface area contributed by atoms with Crippen molar-refractivity contribution in [3.63, 3.8) is 0 Å². The fourth-order valence-electron chi connectivity index (χ4n) is 4.20. The number of halogens is 1. The number of hydrogen-bond donors (Lipinski definition) is 2. The topological polar surface area (TPSA) is 86.3 Å². The van der Waals surface area contributed by atoms with Crippen molar-refractivity contribution >= 4 is 32.5 Å². The van der Waals surface area contributed by atoms with Gasteiger partial charge in [-0.2, -0.15) is 5.10 Å². The van der Waals surface area contributed by atoms with E-state index in [4.69, 9.17) is 11.6 Å². The average molecular weight is 356 g/mol. The minimum atomic E-state index is -3.16. The molecule has 0 amide bonds. The zero-order chi connectivity index (χ0) is 16.4. The van der Waals surface area contributed by atoms with Gasteiger partial charge in [0.15, 0.2) is 0 Å². The van der Waals surface area contributed by atoms with Crippen LogP contribution in [0.1, 0.15) is 18.4 Å². The van der Waals surface area contributed by atoms with Crippen LogP contribution in [0.3, 0.4) is 0 Å². The van der Waals surface area contributed by atoms with Crippen LogP contribution in [0.5, 0.6) is 0 Å². The third kappa shape index (κ3) is 2.46. The summed E-state index contributed by atoms with van der Waals surface area (Å²) in [6.45, 7) is 0.974. The number of benzene rings is 1. The van der Waals surface area contributed by atoms with E-state index < -0.39 is 15.6 Å². The van der Waals surface area contributed by atoms with Gasteiger partial charge in [0.05, 0.1) is 23.6 Å². The van der Waals surface area contributed by atoms with Gasteiger partial charge < -0.3 is 5.11 Å². The summed E-state index contributed by atoms with van der Waals surface area (Å²) >= 11 is 6.18. The zero-order valence-corrected chi connectivity index (χ0v) is 14.2. The van der Waals surface area contributed by atoms with Crippen LogP contribution in [0.15, 0.2) is 18.3 Å². The fraction of sp³-hybridized carbons (Fsp3) is 0.533. The molecule has 1 aliphatic carbocycles. The van der Waals surface area contributed by atoms with Gasteiger partial charge in [0, 0.05) is 23.5 Å². The fourth-order valence-corrected chi connectivity index (χ4v) is 5.34. The third-order valence-corrected chi connectivity index (χ3v) is 6.69. The Kier molecular flexibility index (Phi) is 3.29. The summed E-state index contributed by atoms with van der Waals surface area (Å²) in [5.74, 6) is 0.353. The van der Waals surface area contributed by atoms with Gasteiger partial charge >= 0.3 is 0 Å². The van der Waals surface area contributed by atoms with Crippen molar-refractivity contribution in [3.05, 3.63) is 28.9 Å². The van der Waals surface area contributed by atoms with E-state index in [1.54, 1.807) is 18.3 Å². The van der Waals surface area contributed by atoms with Gasteiger partial charge in [-0.05, 0) is 42.4 Å². The first-order valence-corrected chi connectivity index (χ1v) is 9.79. The number of nitrogens with one attached hydrogen (secondary N) is 1. The quantitative estimate of drug-likeness (QED) is 0.858. The number of fused-ring (bicyclic) bond motifs is 2. The van der Waals surface area contributed by atoms with Crippen molar-refractivity contribution in [3.8, 4) is 0 Å². The van der Waals surface area contributed by atoms with Gasteiger partial charge in [-0.1, -0.05) is 11.6 Å². The largest absolute Gasteiger partial charge is 0.385 e. The monoisotopic (exact) mass is 355 g/mol. The molecule has 6 nitrogen and oxygen atoms in total. The Morgan fingerprint density at radius 1 is 1.35 bits per heavy atom. The van der Waals surface area contributed by atoms with Gasteiger partial charge in [0.1, 0.15) is 0 Å². The summed E-state index contributed by atoms with van der Waals surface area (Å²) < 4.78 is 24.9. The second kappa shape index (κ2) is 4.92. The highest BCUT2D eigenvalue weighted by molar-refractivity contribution is 7.88. The number of hydrogen-bond acceptors (Lipinski definition) is 4. The molecular weight excluding hydrogens is 338 g/mol. The van der Waals surface area contributed by atoms with E-state index in [-0.39, 0.29) is 11.8 Å². The average Bonchev–Trinajstić information content (AvgIpc) is 3.09. The van der Waals surface area contributed by atoms with E-state index in [0.29, 0.717) is 31.0 Å². The molecule has 1 aromatic heterocycles. The molecule has 2 fully saturated rings. The Hall–Kier alpha value is -1.15. The number of aromatic nitrogens is 2. The Morgan fingerprint density at radius 2 is 2.00 bits per heavy atom. The summed E-state index contributed by atoms with van der Waals surface area (Å²) in [6.07, 6.45) is 4.04. The molecule has 8 heteroatoms.